The monoisotopic (exact) mass is 237 g/mol. The van der Waals surface area contributed by atoms with E-state index < -0.39 is 0 Å². The molecule has 0 aliphatic rings. The van der Waals surface area contributed by atoms with Crippen molar-refractivity contribution < 1.29 is 5.11 Å². The van der Waals surface area contributed by atoms with E-state index in [1.807, 2.05) is 19.9 Å². The largest absolute Gasteiger partial charge is 0.394 e. The van der Waals surface area contributed by atoms with Gasteiger partial charge in [0.2, 0.25) is 0 Å². The summed E-state index contributed by atoms with van der Waals surface area (Å²) in [6.45, 7) is 10.4. The van der Waals surface area contributed by atoms with Crippen molar-refractivity contribution in [1.29, 1.82) is 0 Å². The van der Waals surface area contributed by atoms with Crippen LogP contribution in [0.1, 0.15) is 45.6 Å². The number of nitrogens with zero attached hydrogens (tertiary/aromatic N) is 2. The zero-order valence-electron chi connectivity index (χ0n) is 11.4. The summed E-state index contributed by atoms with van der Waals surface area (Å²) in [5, 5.41) is 12.4. The van der Waals surface area contributed by atoms with Gasteiger partial charge in [-0.3, -0.25) is 0 Å². The second-order valence-corrected chi connectivity index (χ2v) is 5.40. The molecule has 0 saturated heterocycles. The second kappa shape index (κ2) is 5.45. The Labute approximate surface area is 103 Å². The SMILES string of the molecule is CCC(CO)Nc1cc(C)nc(C(C)(C)C)n1. The summed E-state index contributed by atoms with van der Waals surface area (Å²) in [6.07, 6.45) is 0.865. The quantitative estimate of drug-likeness (QED) is 0.843. The molecule has 0 aromatic carbocycles. The van der Waals surface area contributed by atoms with E-state index in [9.17, 15) is 5.11 Å². The maximum atomic E-state index is 9.18. The van der Waals surface area contributed by atoms with Crippen LogP contribution in [0.5, 0.6) is 0 Å². The van der Waals surface area contributed by atoms with Crippen molar-refractivity contribution in [2.45, 2.75) is 52.5 Å². The van der Waals surface area contributed by atoms with Crippen molar-refractivity contribution in [3.63, 3.8) is 0 Å². The summed E-state index contributed by atoms with van der Waals surface area (Å²) in [5.41, 5.74) is 0.879. The zero-order valence-corrected chi connectivity index (χ0v) is 11.4. The lowest BCUT2D eigenvalue weighted by Crippen LogP contribution is -2.25. The van der Waals surface area contributed by atoms with E-state index >= 15 is 0 Å². The van der Waals surface area contributed by atoms with Gasteiger partial charge in [0, 0.05) is 17.2 Å². The molecule has 0 radical (unpaired) electrons. The van der Waals surface area contributed by atoms with E-state index in [0.29, 0.717) is 0 Å². The molecule has 1 unspecified atom stereocenters. The highest BCUT2D eigenvalue weighted by molar-refractivity contribution is 5.37. The number of aliphatic hydroxyl groups excluding tert-OH is 1. The lowest BCUT2D eigenvalue weighted by molar-refractivity contribution is 0.271. The number of rotatable bonds is 4. The number of aromatic nitrogens is 2. The molecule has 1 heterocycles. The third kappa shape index (κ3) is 3.97. The molecule has 4 heteroatoms. The highest BCUT2D eigenvalue weighted by Gasteiger charge is 2.18. The van der Waals surface area contributed by atoms with Crippen LogP contribution in [-0.4, -0.2) is 27.7 Å². The Kier molecular flexibility index (Phi) is 4.46. The van der Waals surface area contributed by atoms with Gasteiger partial charge < -0.3 is 10.4 Å². The Morgan fingerprint density at radius 2 is 2.00 bits per heavy atom. The van der Waals surface area contributed by atoms with Crippen molar-refractivity contribution in [2.24, 2.45) is 0 Å². The highest BCUT2D eigenvalue weighted by atomic mass is 16.3. The zero-order chi connectivity index (χ0) is 13.1. The van der Waals surface area contributed by atoms with Gasteiger partial charge in [-0.2, -0.15) is 0 Å². The summed E-state index contributed by atoms with van der Waals surface area (Å²) in [7, 11) is 0. The number of anilines is 1. The molecule has 0 aliphatic heterocycles. The van der Waals surface area contributed by atoms with Gasteiger partial charge in [-0.1, -0.05) is 27.7 Å². The maximum Gasteiger partial charge on any atom is 0.136 e. The number of aliphatic hydroxyl groups is 1. The lowest BCUT2D eigenvalue weighted by Gasteiger charge is -2.20. The second-order valence-electron chi connectivity index (χ2n) is 5.40. The van der Waals surface area contributed by atoms with Crippen LogP contribution in [0.4, 0.5) is 5.82 Å². The van der Waals surface area contributed by atoms with Gasteiger partial charge in [0.1, 0.15) is 11.6 Å². The molecule has 0 amide bonds. The van der Waals surface area contributed by atoms with Gasteiger partial charge in [-0.25, -0.2) is 9.97 Å². The molecule has 1 rings (SSSR count). The van der Waals surface area contributed by atoms with Crippen LogP contribution in [0.2, 0.25) is 0 Å². The fourth-order valence-corrected chi connectivity index (χ4v) is 1.46. The Balaban J connectivity index is 2.97. The summed E-state index contributed by atoms with van der Waals surface area (Å²) in [4.78, 5) is 8.96. The molecule has 1 atom stereocenters. The molecule has 0 saturated carbocycles. The minimum atomic E-state index is -0.0661. The van der Waals surface area contributed by atoms with Crippen LogP contribution < -0.4 is 5.32 Å². The molecule has 0 spiro atoms. The average molecular weight is 237 g/mol. The van der Waals surface area contributed by atoms with Crippen molar-refractivity contribution in [1.82, 2.24) is 9.97 Å². The van der Waals surface area contributed by atoms with Gasteiger partial charge in [0.25, 0.3) is 0 Å². The van der Waals surface area contributed by atoms with Crippen LogP contribution in [0.3, 0.4) is 0 Å². The van der Waals surface area contributed by atoms with Gasteiger partial charge in [0.05, 0.1) is 12.6 Å². The summed E-state index contributed by atoms with van der Waals surface area (Å²) in [5.74, 6) is 1.62. The van der Waals surface area contributed by atoms with Crippen molar-refractivity contribution in [2.75, 3.05) is 11.9 Å². The first-order valence-electron chi connectivity index (χ1n) is 6.10. The number of nitrogens with one attached hydrogen (secondary N) is 1. The van der Waals surface area contributed by atoms with Crippen LogP contribution in [0, 0.1) is 6.92 Å². The van der Waals surface area contributed by atoms with Crippen LogP contribution in [-0.2, 0) is 5.41 Å². The van der Waals surface area contributed by atoms with E-state index in [-0.39, 0.29) is 18.1 Å². The van der Waals surface area contributed by atoms with Crippen molar-refractivity contribution in [3.05, 3.63) is 17.6 Å². The molecular weight excluding hydrogens is 214 g/mol. The van der Waals surface area contributed by atoms with E-state index in [1.165, 1.54) is 0 Å². The molecule has 0 fully saturated rings. The molecule has 0 bridgehead atoms. The minimum absolute atomic E-state index is 0.0529. The number of hydrogen-bond donors (Lipinski definition) is 2. The average Bonchev–Trinajstić information content (AvgIpc) is 2.24. The van der Waals surface area contributed by atoms with Crippen LogP contribution in [0.15, 0.2) is 6.07 Å². The molecule has 96 valence electrons. The summed E-state index contributed by atoms with van der Waals surface area (Å²) >= 11 is 0. The smallest absolute Gasteiger partial charge is 0.136 e. The number of hydrogen-bond acceptors (Lipinski definition) is 4. The third-order valence-electron chi connectivity index (χ3n) is 2.59. The first kappa shape index (κ1) is 13.9. The first-order valence-corrected chi connectivity index (χ1v) is 6.10. The molecule has 1 aromatic rings. The molecular formula is C13H23N3O. The first-order chi connectivity index (χ1) is 7.86. The Morgan fingerprint density at radius 3 is 2.47 bits per heavy atom. The minimum Gasteiger partial charge on any atom is -0.394 e. The van der Waals surface area contributed by atoms with E-state index in [2.05, 4.69) is 36.1 Å². The molecule has 17 heavy (non-hydrogen) atoms. The van der Waals surface area contributed by atoms with Crippen molar-refractivity contribution in [3.8, 4) is 0 Å². The van der Waals surface area contributed by atoms with E-state index in [0.717, 1.165) is 23.8 Å². The summed E-state index contributed by atoms with van der Waals surface area (Å²) in [6, 6.07) is 1.96. The molecule has 0 aliphatic carbocycles. The maximum absolute atomic E-state index is 9.18. The third-order valence-corrected chi connectivity index (χ3v) is 2.59. The van der Waals surface area contributed by atoms with E-state index in [1.54, 1.807) is 0 Å². The predicted octanol–water partition coefficient (Wildman–Crippen LogP) is 2.27. The number of aryl methyl sites for hydroxylation is 1. The molecule has 1 aromatic heterocycles. The molecule has 4 nitrogen and oxygen atoms in total. The van der Waals surface area contributed by atoms with Gasteiger partial charge in [-0.15, -0.1) is 0 Å². The van der Waals surface area contributed by atoms with Crippen LogP contribution in [0.25, 0.3) is 0 Å². The molecule has 2 N–H and O–H groups in total. The van der Waals surface area contributed by atoms with Crippen LogP contribution >= 0.6 is 0 Å². The predicted molar refractivity (Wildman–Crippen MR) is 70.3 cm³/mol. The van der Waals surface area contributed by atoms with Gasteiger partial charge in [-0.05, 0) is 13.3 Å². The summed E-state index contributed by atoms with van der Waals surface area (Å²) < 4.78 is 0. The lowest BCUT2D eigenvalue weighted by atomic mass is 9.95. The fourth-order valence-electron chi connectivity index (χ4n) is 1.46. The highest BCUT2D eigenvalue weighted by Crippen LogP contribution is 2.20. The van der Waals surface area contributed by atoms with Gasteiger partial charge in [0.15, 0.2) is 0 Å². The van der Waals surface area contributed by atoms with E-state index in [4.69, 9.17) is 0 Å². The Bertz CT molecular complexity index is 367. The fraction of sp³-hybridized carbons (Fsp3) is 0.692. The van der Waals surface area contributed by atoms with Crippen molar-refractivity contribution >= 4 is 5.82 Å². The standard InChI is InChI=1S/C13H23N3O/c1-6-10(8-17)15-11-7-9(2)14-12(16-11)13(3,4)5/h7,10,17H,6,8H2,1-5H3,(H,14,15,16). The Morgan fingerprint density at radius 1 is 1.35 bits per heavy atom. The normalized spacial score (nSPS) is 13.5. The Hall–Kier alpha value is -1.16. The van der Waals surface area contributed by atoms with Gasteiger partial charge >= 0.3 is 0 Å². The topological polar surface area (TPSA) is 58.0 Å².